The van der Waals surface area contributed by atoms with Gasteiger partial charge >= 0.3 is 0 Å². The molecule has 0 aliphatic carbocycles. The Balaban J connectivity index is 1.19. The number of benzene rings is 9. The molecule has 3 heteroatoms. The minimum absolute atomic E-state index is 0.859. The normalized spacial score (nSPS) is 11.6. The van der Waals surface area contributed by atoms with Gasteiger partial charge in [0.25, 0.3) is 0 Å². The Morgan fingerprint density at radius 2 is 1.04 bits per heavy atom. The predicted molar refractivity (Wildman–Crippen MR) is 231 cm³/mol. The Morgan fingerprint density at radius 3 is 1.89 bits per heavy atom. The first-order valence-electron chi connectivity index (χ1n) is 18.8. The molecule has 11 aromatic rings. The molecule has 0 fully saturated rings. The third-order valence-electron chi connectivity index (χ3n) is 11.0. The standard InChI is InChI=1S/C52H34N2O/c1-3-14-35(15-4-1)36-28-30-39(31-29-36)53(48-26-13-24-45-43-21-9-10-27-50(43)55-52(45)48)40-32-33-46-49(34-40)54(38-18-5-2-6-19-38)47-25-12-23-44(51(46)47)42-22-11-17-37-16-7-8-20-41(37)42/h1-34H. The zero-order chi connectivity index (χ0) is 36.3. The molecule has 9 aromatic carbocycles. The molecule has 0 N–H and O–H groups in total. The van der Waals surface area contributed by atoms with E-state index < -0.39 is 0 Å². The zero-order valence-corrected chi connectivity index (χ0v) is 29.9. The second-order valence-corrected chi connectivity index (χ2v) is 14.1. The summed E-state index contributed by atoms with van der Waals surface area (Å²) < 4.78 is 9.10. The SMILES string of the molecule is c1ccc(-c2ccc(N(c3ccc4c5c(-c6cccc7ccccc67)cccc5n(-c5ccccc5)c4c3)c3cccc4c3oc3ccccc34)cc2)cc1. The summed E-state index contributed by atoms with van der Waals surface area (Å²) in [5, 5.41) is 7.13. The van der Waals surface area contributed by atoms with E-state index in [0.29, 0.717) is 0 Å². The first-order chi connectivity index (χ1) is 27.3. The Hall–Kier alpha value is -7.36. The molecule has 0 aliphatic heterocycles. The molecule has 3 nitrogen and oxygen atoms in total. The van der Waals surface area contributed by atoms with E-state index in [2.05, 4.69) is 210 Å². The van der Waals surface area contributed by atoms with E-state index in [4.69, 9.17) is 4.42 Å². The van der Waals surface area contributed by atoms with Gasteiger partial charge in [0, 0.05) is 38.6 Å². The number of fused-ring (bicyclic) bond motifs is 7. The van der Waals surface area contributed by atoms with Gasteiger partial charge in [-0.2, -0.15) is 0 Å². The fourth-order valence-corrected chi connectivity index (χ4v) is 8.50. The average Bonchev–Trinajstić information content (AvgIpc) is 3.81. The zero-order valence-electron chi connectivity index (χ0n) is 29.9. The smallest absolute Gasteiger partial charge is 0.159 e. The third-order valence-corrected chi connectivity index (χ3v) is 11.0. The predicted octanol–water partition coefficient (Wildman–Crippen LogP) is 14.6. The Morgan fingerprint density at radius 1 is 0.400 bits per heavy atom. The van der Waals surface area contributed by atoms with Gasteiger partial charge in [-0.05, 0) is 87.6 Å². The summed E-state index contributed by atoms with van der Waals surface area (Å²) in [6.45, 7) is 0. The van der Waals surface area contributed by atoms with Gasteiger partial charge in [0.1, 0.15) is 5.58 Å². The Kier molecular flexibility index (Phi) is 7.17. The molecule has 0 radical (unpaired) electrons. The molecule has 0 saturated carbocycles. The highest BCUT2D eigenvalue weighted by molar-refractivity contribution is 6.19. The summed E-state index contributed by atoms with van der Waals surface area (Å²) in [5.41, 5.74) is 13.1. The maximum absolute atomic E-state index is 6.68. The molecule has 0 atom stereocenters. The van der Waals surface area contributed by atoms with E-state index >= 15 is 0 Å². The highest BCUT2D eigenvalue weighted by Gasteiger charge is 2.23. The molecule has 258 valence electrons. The number of hydrogen-bond donors (Lipinski definition) is 0. The topological polar surface area (TPSA) is 21.3 Å². The van der Waals surface area contributed by atoms with Crippen LogP contribution in [0, 0.1) is 0 Å². The number of para-hydroxylation sites is 3. The number of furan rings is 1. The van der Waals surface area contributed by atoms with Crippen LogP contribution in [0.4, 0.5) is 17.1 Å². The lowest BCUT2D eigenvalue weighted by atomic mass is 9.94. The van der Waals surface area contributed by atoms with E-state index in [1.807, 2.05) is 6.07 Å². The molecular formula is C52H34N2O. The van der Waals surface area contributed by atoms with Crippen molar-refractivity contribution in [3.8, 4) is 27.9 Å². The van der Waals surface area contributed by atoms with Gasteiger partial charge in [-0.15, -0.1) is 0 Å². The van der Waals surface area contributed by atoms with Crippen molar-refractivity contribution in [1.82, 2.24) is 4.57 Å². The highest BCUT2D eigenvalue weighted by atomic mass is 16.3. The Bertz CT molecular complexity index is 3190. The van der Waals surface area contributed by atoms with Crippen molar-refractivity contribution in [3.63, 3.8) is 0 Å². The monoisotopic (exact) mass is 702 g/mol. The van der Waals surface area contributed by atoms with Gasteiger partial charge in [0.2, 0.25) is 0 Å². The van der Waals surface area contributed by atoms with Gasteiger partial charge in [-0.3, -0.25) is 0 Å². The van der Waals surface area contributed by atoms with E-state index in [1.54, 1.807) is 0 Å². The summed E-state index contributed by atoms with van der Waals surface area (Å²) in [6, 6.07) is 73.9. The van der Waals surface area contributed by atoms with Crippen molar-refractivity contribution in [1.29, 1.82) is 0 Å². The van der Waals surface area contributed by atoms with Crippen molar-refractivity contribution in [2.24, 2.45) is 0 Å². The molecule has 0 unspecified atom stereocenters. The number of anilines is 3. The van der Waals surface area contributed by atoms with Gasteiger partial charge < -0.3 is 13.9 Å². The number of rotatable bonds is 6. The van der Waals surface area contributed by atoms with E-state index in [9.17, 15) is 0 Å². The van der Waals surface area contributed by atoms with Crippen LogP contribution in [-0.4, -0.2) is 4.57 Å². The van der Waals surface area contributed by atoms with E-state index in [1.165, 1.54) is 49.3 Å². The van der Waals surface area contributed by atoms with Crippen molar-refractivity contribution in [3.05, 3.63) is 206 Å². The van der Waals surface area contributed by atoms with Crippen LogP contribution >= 0.6 is 0 Å². The molecule has 2 heterocycles. The number of hydrogen-bond acceptors (Lipinski definition) is 2. The Labute approximate surface area is 318 Å². The fraction of sp³-hybridized carbons (Fsp3) is 0. The summed E-state index contributed by atoms with van der Waals surface area (Å²) in [4.78, 5) is 2.34. The molecule has 0 bridgehead atoms. The largest absolute Gasteiger partial charge is 0.454 e. The van der Waals surface area contributed by atoms with Crippen molar-refractivity contribution >= 4 is 71.6 Å². The van der Waals surface area contributed by atoms with Crippen molar-refractivity contribution in [2.45, 2.75) is 0 Å². The minimum atomic E-state index is 0.859. The first-order valence-corrected chi connectivity index (χ1v) is 18.8. The van der Waals surface area contributed by atoms with Gasteiger partial charge in [-0.25, -0.2) is 0 Å². The van der Waals surface area contributed by atoms with E-state index in [-0.39, 0.29) is 0 Å². The van der Waals surface area contributed by atoms with Crippen LogP contribution < -0.4 is 4.90 Å². The van der Waals surface area contributed by atoms with Gasteiger partial charge in [0.05, 0.1) is 16.7 Å². The molecular weight excluding hydrogens is 669 g/mol. The third kappa shape index (κ3) is 5.05. The van der Waals surface area contributed by atoms with Crippen LogP contribution in [0.2, 0.25) is 0 Å². The number of aromatic nitrogens is 1. The van der Waals surface area contributed by atoms with Crippen LogP contribution in [-0.2, 0) is 0 Å². The van der Waals surface area contributed by atoms with Crippen LogP contribution in [0.25, 0.3) is 82.5 Å². The number of nitrogens with zero attached hydrogens (tertiary/aromatic N) is 2. The fourth-order valence-electron chi connectivity index (χ4n) is 8.50. The molecule has 2 aromatic heterocycles. The lowest BCUT2D eigenvalue weighted by Gasteiger charge is -2.26. The van der Waals surface area contributed by atoms with E-state index in [0.717, 1.165) is 50.2 Å². The van der Waals surface area contributed by atoms with Crippen LogP contribution in [0.5, 0.6) is 0 Å². The van der Waals surface area contributed by atoms with Crippen molar-refractivity contribution in [2.75, 3.05) is 4.90 Å². The minimum Gasteiger partial charge on any atom is -0.454 e. The summed E-state index contributed by atoms with van der Waals surface area (Å²) in [6.07, 6.45) is 0. The molecule has 0 saturated heterocycles. The lowest BCUT2D eigenvalue weighted by Crippen LogP contribution is -2.10. The average molecular weight is 703 g/mol. The van der Waals surface area contributed by atoms with Crippen LogP contribution in [0.3, 0.4) is 0 Å². The first kappa shape index (κ1) is 31.2. The van der Waals surface area contributed by atoms with Crippen LogP contribution in [0.15, 0.2) is 211 Å². The maximum Gasteiger partial charge on any atom is 0.159 e. The molecule has 0 aliphatic rings. The quantitative estimate of drug-likeness (QED) is 0.172. The van der Waals surface area contributed by atoms with Gasteiger partial charge in [-0.1, -0.05) is 152 Å². The second kappa shape index (κ2) is 12.6. The molecule has 55 heavy (non-hydrogen) atoms. The van der Waals surface area contributed by atoms with Crippen molar-refractivity contribution < 1.29 is 4.42 Å². The summed E-state index contributed by atoms with van der Waals surface area (Å²) >= 11 is 0. The maximum atomic E-state index is 6.68. The molecule has 0 spiro atoms. The molecule has 0 amide bonds. The van der Waals surface area contributed by atoms with Crippen LogP contribution in [0.1, 0.15) is 0 Å². The van der Waals surface area contributed by atoms with Gasteiger partial charge in [0.15, 0.2) is 5.58 Å². The second-order valence-electron chi connectivity index (χ2n) is 14.1. The lowest BCUT2D eigenvalue weighted by molar-refractivity contribution is 0.669. The molecule has 11 rings (SSSR count). The summed E-state index contributed by atoms with van der Waals surface area (Å²) in [5.74, 6) is 0. The highest BCUT2D eigenvalue weighted by Crippen LogP contribution is 2.46. The summed E-state index contributed by atoms with van der Waals surface area (Å²) in [7, 11) is 0.